The molecule has 0 saturated heterocycles. The first-order chi connectivity index (χ1) is 6.95. The number of hydrogen-bond donors (Lipinski definition) is 0. The second kappa shape index (κ2) is 6.95. The molecule has 90 valence electrons. The van der Waals surface area contributed by atoms with Gasteiger partial charge in [0.2, 0.25) is 0 Å². The van der Waals surface area contributed by atoms with Crippen LogP contribution in [-0.2, 0) is 23.1 Å². The molecule has 0 saturated carbocycles. The van der Waals surface area contributed by atoms with E-state index in [1.807, 2.05) is 0 Å². The van der Waals surface area contributed by atoms with Crippen molar-refractivity contribution in [2.45, 2.75) is 32.8 Å². The third kappa shape index (κ3) is 6.62. The van der Waals surface area contributed by atoms with Crippen molar-refractivity contribution in [3.05, 3.63) is 0 Å². The molecule has 0 aromatic rings. The quantitative estimate of drug-likeness (QED) is 0.483. The topological polar surface area (TPSA) is 84.9 Å². The fourth-order valence-corrected chi connectivity index (χ4v) is 1.19. The Kier molecular flexibility index (Phi) is 6.76. The molecule has 0 aromatic carbocycles. The van der Waals surface area contributed by atoms with Crippen LogP contribution in [0.1, 0.15) is 26.7 Å². The predicted octanol–water partition coefficient (Wildman–Crippen LogP) is 0.850. The van der Waals surface area contributed by atoms with E-state index < -0.39 is 13.9 Å². The summed E-state index contributed by atoms with van der Waals surface area (Å²) in [4.78, 5) is 21.7. The molecule has 0 heterocycles. The van der Waals surface area contributed by atoms with Crippen molar-refractivity contribution in [2.75, 3.05) is 13.7 Å². The van der Waals surface area contributed by atoms with Crippen molar-refractivity contribution >= 4 is 13.8 Å². The zero-order chi connectivity index (χ0) is 11.9. The molecule has 15 heavy (non-hydrogen) atoms. The van der Waals surface area contributed by atoms with Crippen LogP contribution in [0, 0.1) is 0 Å². The van der Waals surface area contributed by atoms with Gasteiger partial charge in [-0.2, -0.15) is 0 Å². The van der Waals surface area contributed by atoms with E-state index in [-0.39, 0.29) is 19.0 Å². The van der Waals surface area contributed by atoms with Crippen LogP contribution < -0.4 is 4.89 Å². The van der Waals surface area contributed by atoms with Crippen LogP contribution in [0.15, 0.2) is 0 Å². The minimum absolute atomic E-state index is 0.211. The Morgan fingerprint density at radius 3 is 2.47 bits per heavy atom. The molecule has 0 rings (SSSR count). The standard InChI is InChI=1S/C8H17O6P/c1-4-7(14-8(9)5-2)6-13-15(10,11)12-3/h7H,4-6H2,1-3H3,(H,10,11)/p-1. The second-order valence-electron chi connectivity index (χ2n) is 2.80. The third-order valence-electron chi connectivity index (χ3n) is 1.68. The van der Waals surface area contributed by atoms with Gasteiger partial charge in [-0.25, -0.2) is 0 Å². The van der Waals surface area contributed by atoms with Crippen molar-refractivity contribution in [3.63, 3.8) is 0 Å². The summed E-state index contributed by atoms with van der Waals surface area (Å²) in [6.45, 7) is 3.21. The average molecular weight is 239 g/mol. The maximum Gasteiger partial charge on any atom is 0.305 e. The molecule has 0 fully saturated rings. The molecule has 2 atom stereocenters. The molecule has 7 heteroatoms. The summed E-state index contributed by atoms with van der Waals surface area (Å²) in [5.41, 5.74) is 0. The summed E-state index contributed by atoms with van der Waals surface area (Å²) in [7, 11) is -3.23. The van der Waals surface area contributed by atoms with Crippen LogP contribution in [-0.4, -0.2) is 25.8 Å². The lowest BCUT2D eigenvalue weighted by molar-refractivity contribution is -0.225. The van der Waals surface area contributed by atoms with E-state index in [0.717, 1.165) is 7.11 Å². The number of phosphoric acid groups is 1. The Morgan fingerprint density at radius 2 is 2.07 bits per heavy atom. The number of hydrogen-bond acceptors (Lipinski definition) is 6. The van der Waals surface area contributed by atoms with Gasteiger partial charge in [-0.05, 0) is 6.42 Å². The molecule has 0 aliphatic heterocycles. The van der Waals surface area contributed by atoms with Crippen molar-refractivity contribution in [3.8, 4) is 0 Å². The summed E-state index contributed by atoms with van der Waals surface area (Å²) < 4.78 is 24.3. The van der Waals surface area contributed by atoms with Crippen molar-refractivity contribution in [1.82, 2.24) is 0 Å². The minimum Gasteiger partial charge on any atom is -0.756 e. The number of carbonyl (C=O) groups is 1. The lowest BCUT2D eigenvalue weighted by Gasteiger charge is -2.23. The number of esters is 1. The van der Waals surface area contributed by atoms with Crippen LogP contribution in [0.4, 0.5) is 0 Å². The maximum absolute atomic E-state index is 10.9. The van der Waals surface area contributed by atoms with Crippen molar-refractivity contribution < 1.29 is 28.0 Å². The molecular weight excluding hydrogens is 223 g/mol. The zero-order valence-electron chi connectivity index (χ0n) is 9.10. The number of rotatable bonds is 7. The lowest BCUT2D eigenvalue weighted by Crippen LogP contribution is -2.23. The first-order valence-electron chi connectivity index (χ1n) is 4.66. The molecule has 0 aliphatic carbocycles. The monoisotopic (exact) mass is 239 g/mol. The fraction of sp³-hybridized carbons (Fsp3) is 0.875. The number of carbonyl (C=O) groups excluding carboxylic acids is 1. The van der Waals surface area contributed by atoms with E-state index in [9.17, 15) is 14.3 Å². The Balaban J connectivity index is 4.01. The summed E-state index contributed by atoms with van der Waals surface area (Å²) in [5.74, 6) is -0.386. The molecule has 0 bridgehead atoms. The number of ether oxygens (including phenoxy) is 1. The number of phosphoric ester groups is 1. The van der Waals surface area contributed by atoms with Crippen LogP contribution >= 0.6 is 7.82 Å². The predicted molar refractivity (Wildman–Crippen MR) is 51.0 cm³/mol. The molecule has 0 spiro atoms. The third-order valence-corrected chi connectivity index (χ3v) is 2.60. The summed E-state index contributed by atoms with van der Waals surface area (Å²) in [6, 6.07) is 0. The zero-order valence-corrected chi connectivity index (χ0v) is 9.99. The van der Waals surface area contributed by atoms with Gasteiger partial charge >= 0.3 is 5.97 Å². The van der Waals surface area contributed by atoms with Crippen LogP contribution in [0.2, 0.25) is 0 Å². The van der Waals surface area contributed by atoms with Crippen molar-refractivity contribution in [1.29, 1.82) is 0 Å². The smallest absolute Gasteiger partial charge is 0.305 e. The van der Waals surface area contributed by atoms with Gasteiger partial charge in [0.15, 0.2) is 0 Å². The normalized spacial score (nSPS) is 16.8. The van der Waals surface area contributed by atoms with Crippen LogP contribution in [0.25, 0.3) is 0 Å². The highest BCUT2D eigenvalue weighted by Crippen LogP contribution is 2.37. The average Bonchev–Trinajstić information content (AvgIpc) is 2.23. The molecule has 2 unspecified atom stereocenters. The summed E-state index contributed by atoms with van der Waals surface area (Å²) >= 11 is 0. The van der Waals surface area contributed by atoms with Crippen molar-refractivity contribution in [2.24, 2.45) is 0 Å². The van der Waals surface area contributed by atoms with Gasteiger partial charge in [-0.1, -0.05) is 13.8 Å². The first kappa shape index (κ1) is 14.6. The Bertz CT molecular complexity index is 241. The van der Waals surface area contributed by atoms with Gasteiger partial charge in [-0.15, -0.1) is 0 Å². The first-order valence-corrected chi connectivity index (χ1v) is 6.12. The highest BCUT2D eigenvalue weighted by atomic mass is 31.2. The molecule has 0 aromatic heterocycles. The molecule has 6 nitrogen and oxygen atoms in total. The van der Waals surface area contributed by atoms with Gasteiger partial charge in [0.05, 0.1) is 6.61 Å². The van der Waals surface area contributed by atoms with Gasteiger partial charge in [0.25, 0.3) is 7.82 Å². The largest absolute Gasteiger partial charge is 0.756 e. The van der Waals surface area contributed by atoms with E-state index in [0.29, 0.717) is 6.42 Å². The Labute approximate surface area is 89.1 Å². The van der Waals surface area contributed by atoms with Gasteiger partial charge in [0.1, 0.15) is 6.10 Å². The molecule has 0 amide bonds. The SMILES string of the molecule is CCC(=O)OC(CC)COP(=O)([O-])OC. The Hall–Kier alpha value is -0.420. The highest BCUT2D eigenvalue weighted by Gasteiger charge is 2.15. The minimum atomic E-state index is -4.23. The fourth-order valence-electron chi connectivity index (χ4n) is 0.732. The second-order valence-corrected chi connectivity index (χ2v) is 4.32. The summed E-state index contributed by atoms with van der Waals surface area (Å²) in [5, 5.41) is 0. The highest BCUT2D eigenvalue weighted by molar-refractivity contribution is 7.45. The molecule has 0 aliphatic rings. The molecule has 0 radical (unpaired) electrons. The van der Waals surface area contributed by atoms with E-state index >= 15 is 0 Å². The molecule has 0 N–H and O–H groups in total. The molecular formula is C8H16O6P-. The lowest BCUT2D eigenvalue weighted by atomic mass is 10.3. The van der Waals surface area contributed by atoms with Crippen LogP contribution in [0.3, 0.4) is 0 Å². The van der Waals surface area contributed by atoms with E-state index in [1.165, 1.54) is 0 Å². The van der Waals surface area contributed by atoms with Gasteiger partial charge in [0, 0.05) is 13.5 Å². The van der Waals surface area contributed by atoms with E-state index in [2.05, 4.69) is 9.05 Å². The van der Waals surface area contributed by atoms with Gasteiger partial charge < -0.3 is 18.7 Å². The maximum atomic E-state index is 10.9. The van der Waals surface area contributed by atoms with Crippen LogP contribution in [0.5, 0.6) is 0 Å². The Morgan fingerprint density at radius 1 is 1.47 bits per heavy atom. The van der Waals surface area contributed by atoms with Gasteiger partial charge in [-0.3, -0.25) is 9.36 Å². The van der Waals surface area contributed by atoms with E-state index in [1.54, 1.807) is 13.8 Å². The summed E-state index contributed by atoms with van der Waals surface area (Å²) in [6.07, 6.45) is 0.167. The van der Waals surface area contributed by atoms with E-state index in [4.69, 9.17) is 4.74 Å².